The van der Waals surface area contributed by atoms with Crippen LogP contribution in [0.1, 0.15) is 0 Å². The summed E-state index contributed by atoms with van der Waals surface area (Å²) in [6.07, 6.45) is 0. The van der Waals surface area contributed by atoms with Crippen molar-refractivity contribution in [2.45, 2.75) is 0 Å². The number of benzene rings is 1. The first-order valence-corrected chi connectivity index (χ1v) is 8.56. The molecule has 10 heavy (non-hydrogen) atoms. The third-order valence-corrected chi connectivity index (χ3v) is 4.49. The van der Waals surface area contributed by atoms with Crippen molar-refractivity contribution in [2.24, 2.45) is 0 Å². The lowest BCUT2D eigenvalue weighted by Crippen LogP contribution is -2.13. The molecule has 0 saturated carbocycles. The highest BCUT2D eigenvalue weighted by atomic mass is 127. The molecule has 1 aromatic rings. The van der Waals surface area contributed by atoms with Crippen molar-refractivity contribution in [3.05, 3.63) is 29.8 Å². The van der Waals surface area contributed by atoms with Crippen LogP contribution in [0, 0.1) is 11.6 Å². The fraction of sp³-hybridized carbons (Fsp3) is 0. The molecule has 0 amide bonds. The van der Waals surface area contributed by atoms with E-state index in [-0.39, 0.29) is 0 Å². The monoisotopic (exact) mass is 264 g/mol. The summed E-state index contributed by atoms with van der Waals surface area (Å²) in [4.78, 5) is 0. The lowest BCUT2D eigenvalue weighted by atomic mass is 10.3. The van der Waals surface area contributed by atoms with Crippen LogP contribution in [-0.2, 0) is 0 Å². The van der Waals surface area contributed by atoms with Crippen LogP contribution in [-0.4, -0.2) is 16.5 Å². The fourth-order valence-electron chi connectivity index (χ4n) is 0.630. The average Bonchev–Trinajstić information content (AvgIpc) is 1.88. The van der Waals surface area contributed by atoms with Crippen LogP contribution in [0.15, 0.2) is 18.2 Å². The zero-order valence-corrected chi connectivity index (χ0v) is 8.64. The van der Waals surface area contributed by atoms with E-state index in [0.29, 0.717) is 3.69 Å². The van der Waals surface area contributed by atoms with Gasteiger partial charge in [0, 0.05) is 6.07 Å². The first-order valence-electron chi connectivity index (χ1n) is 2.74. The minimum Gasteiger partial charge on any atom is -0.290 e. The highest BCUT2D eigenvalue weighted by Crippen LogP contribution is 1.99. The average molecular weight is 264 g/mol. The Hall–Kier alpha value is 0.576. The third kappa shape index (κ3) is 2.03. The molecule has 0 heterocycles. The Morgan fingerprint density at radius 3 is 2.50 bits per heavy atom. The van der Waals surface area contributed by atoms with Gasteiger partial charge in [-0.3, -0.25) is 18.9 Å². The van der Waals surface area contributed by atoms with Crippen LogP contribution < -0.4 is 3.69 Å². The van der Waals surface area contributed by atoms with E-state index in [1.807, 2.05) is 0 Å². The topological polar surface area (TPSA) is 0 Å². The van der Waals surface area contributed by atoms with Gasteiger partial charge in [0.2, 0.25) is 0 Å². The maximum atomic E-state index is 12.6. The molecule has 0 saturated heterocycles. The first-order chi connectivity index (χ1) is 4.74. The van der Waals surface area contributed by atoms with Gasteiger partial charge >= 0.3 is 16.5 Å². The van der Waals surface area contributed by atoms with Crippen LogP contribution in [0.2, 0.25) is 0 Å². The van der Waals surface area contributed by atoms with Gasteiger partial charge < -0.3 is 0 Å². The second kappa shape index (κ2) is 3.82. The maximum Gasteiger partial charge on any atom is 0.507 e. The zero-order valence-electron chi connectivity index (χ0n) is 5.07. The summed E-state index contributed by atoms with van der Waals surface area (Å²) in [5, 5.41) is 0. The molecule has 0 aliphatic heterocycles. The van der Waals surface area contributed by atoms with Crippen molar-refractivity contribution < 1.29 is 8.78 Å². The molecule has 0 nitrogen and oxygen atoms in total. The van der Waals surface area contributed by atoms with Crippen LogP contribution in [0.4, 0.5) is 8.78 Å². The van der Waals surface area contributed by atoms with E-state index in [2.05, 4.69) is 18.9 Å². The molecule has 1 aromatic carbocycles. The van der Waals surface area contributed by atoms with Crippen LogP contribution in [0.25, 0.3) is 0 Å². The summed E-state index contributed by atoms with van der Waals surface area (Å²) in [5.74, 6) is -0.902. The van der Waals surface area contributed by atoms with Gasteiger partial charge in [0.05, 0.1) is 0 Å². The van der Waals surface area contributed by atoms with Crippen molar-refractivity contribution in [1.29, 1.82) is 0 Å². The second-order valence-corrected chi connectivity index (χ2v) is 5.19. The standard InChI is InChI=1S/C6H3F2.HI.Mg/c7-5-2-1-3-6(8)4-5;;/h1-2,4H;1H;/q;;+1/p-1. The van der Waals surface area contributed by atoms with E-state index in [1.165, 1.54) is 12.1 Å². The third-order valence-electron chi connectivity index (χ3n) is 1.16. The van der Waals surface area contributed by atoms with Gasteiger partial charge in [-0.05, 0) is 6.07 Å². The Kier molecular flexibility index (Phi) is 3.31. The number of hydrogen-bond donors (Lipinski definition) is 0. The smallest absolute Gasteiger partial charge is 0.290 e. The maximum absolute atomic E-state index is 12.6. The Balaban J connectivity index is 3.07. The highest BCUT2D eigenvalue weighted by Gasteiger charge is 2.02. The first kappa shape index (κ1) is 8.67. The summed E-state index contributed by atoms with van der Waals surface area (Å²) in [6, 6.07) is 3.74. The van der Waals surface area contributed by atoms with E-state index >= 15 is 0 Å². The molecule has 0 fully saturated rings. The molecule has 0 radical (unpaired) electrons. The lowest BCUT2D eigenvalue weighted by Gasteiger charge is -1.95. The van der Waals surface area contributed by atoms with E-state index in [4.69, 9.17) is 0 Å². The molecule has 0 spiro atoms. The Labute approximate surface area is 77.1 Å². The van der Waals surface area contributed by atoms with Crippen molar-refractivity contribution in [3.8, 4) is 0 Å². The van der Waals surface area contributed by atoms with Crippen LogP contribution >= 0.6 is 18.9 Å². The van der Waals surface area contributed by atoms with Gasteiger partial charge in [-0.25, -0.2) is 8.78 Å². The van der Waals surface area contributed by atoms with Crippen LogP contribution in [0.5, 0.6) is 0 Å². The van der Waals surface area contributed by atoms with Gasteiger partial charge in [0.15, 0.2) is 0 Å². The Morgan fingerprint density at radius 1 is 1.30 bits per heavy atom. The Morgan fingerprint density at radius 2 is 2.00 bits per heavy atom. The minimum atomic E-state index is -0.525. The van der Waals surface area contributed by atoms with Gasteiger partial charge in [0.25, 0.3) is 0 Å². The summed E-state index contributed by atoms with van der Waals surface area (Å²) < 4.78 is 25.6. The molecule has 4 heteroatoms. The molecule has 0 aliphatic carbocycles. The molecule has 0 atom stereocenters. The number of halogens is 3. The van der Waals surface area contributed by atoms with Gasteiger partial charge in [-0.1, -0.05) is 6.07 Å². The summed E-state index contributed by atoms with van der Waals surface area (Å²) in [6.45, 7) is 0. The molecule has 0 bridgehead atoms. The van der Waals surface area contributed by atoms with E-state index in [9.17, 15) is 8.78 Å². The van der Waals surface area contributed by atoms with E-state index < -0.39 is 28.1 Å². The molecule has 1 rings (SSSR count). The summed E-state index contributed by atoms with van der Waals surface area (Å²) in [5.41, 5.74) is 0. The number of rotatable bonds is 1. The molecule has 0 unspecified atom stereocenters. The lowest BCUT2D eigenvalue weighted by molar-refractivity contribution is 0.588. The van der Waals surface area contributed by atoms with Crippen molar-refractivity contribution in [1.82, 2.24) is 0 Å². The zero-order chi connectivity index (χ0) is 7.56. The largest absolute Gasteiger partial charge is 0.507 e. The highest BCUT2D eigenvalue weighted by molar-refractivity contribution is 14.1. The molecule has 0 aliphatic rings. The predicted octanol–water partition coefficient (Wildman–Crippen LogP) is 1.64. The molecule has 0 N–H and O–H groups in total. The van der Waals surface area contributed by atoms with Gasteiger partial charge in [0.1, 0.15) is 11.6 Å². The molecule has 0 aromatic heterocycles. The molecular formula is C6H3F2IMg. The van der Waals surface area contributed by atoms with Crippen molar-refractivity contribution >= 4 is 39.0 Å². The van der Waals surface area contributed by atoms with Crippen molar-refractivity contribution in [3.63, 3.8) is 0 Å². The second-order valence-electron chi connectivity index (χ2n) is 1.87. The van der Waals surface area contributed by atoms with Gasteiger partial charge in [-0.15, -0.1) is 3.69 Å². The predicted molar refractivity (Wildman–Crippen MR) is 45.8 cm³/mol. The summed E-state index contributed by atoms with van der Waals surface area (Å²) >= 11 is 1.64. The molecule has 50 valence electrons. The minimum absolute atomic E-state index is 0.402. The van der Waals surface area contributed by atoms with Gasteiger partial charge in [-0.2, -0.15) is 0 Å². The molecular weight excluding hydrogens is 261 g/mol. The fourth-order valence-corrected chi connectivity index (χ4v) is 2.92. The SMILES string of the molecule is Fc1cc[c]([Mg][I])c(F)c1. The summed E-state index contributed by atoms with van der Waals surface area (Å²) in [7, 11) is 0. The van der Waals surface area contributed by atoms with E-state index in [1.54, 1.807) is 0 Å². The van der Waals surface area contributed by atoms with E-state index in [0.717, 1.165) is 6.07 Å². The quantitative estimate of drug-likeness (QED) is 0.534. The van der Waals surface area contributed by atoms with Crippen LogP contribution in [0.3, 0.4) is 0 Å². The van der Waals surface area contributed by atoms with Crippen molar-refractivity contribution in [2.75, 3.05) is 0 Å². The number of hydrogen-bond acceptors (Lipinski definition) is 0. The Bertz CT molecular complexity index is 239. The normalized spacial score (nSPS) is 9.10.